The highest BCUT2D eigenvalue weighted by molar-refractivity contribution is 7.90. The molecule has 0 aliphatic rings. The molecular formula is C8H10N4O3S2. The maximum Gasteiger partial charge on any atom is 0.293 e. The Balaban J connectivity index is 2.28. The first-order valence-electron chi connectivity index (χ1n) is 4.58. The topological polar surface area (TPSA) is 87.0 Å². The van der Waals surface area contributed by atoms with E-state index < -0.39 is 9.84 Å². The number of methoxy groups -OCH3 is 1. The summed E-state index contributed by atoms with van der Waals surface area (Å²) in [6, 6.07) is 0. The van der Waals surface area contributed by atoms with Crippen LogP contribution in [0.4, 0.5) is 0 Å². The molecule has 0 atom stereocenters. The number of nitrogens with zero attached hydrogens (tertiary/aromatic N) is 4. The molecule has 2 heterocycles. The quantitative estimate of drug-likeness (QED) is 0.791. The molecule has 0 aliphatic carbocycles. The van der Waals surface area contributed by atoms with Gasteiger partial charge in [0.25, 0.3) is 5.19 Å². The lowest BCUT2D eigenvalue weighted by Crippen LogP contribution is -2.09. The molecule has 0 unspecified atom stereocenters. The zero-order valence-corrected chi connectivity index (χ0v) is 10.8. The Morgan fingerprint density at radius 3 is 2.82 bits per heavy atom. The van der Waals surface area contributed by atoms with E-state index in [1.54, 1.807) is 6.20 Å². The second kappa shape index (κ2) is 4.41. The van der Waals surface area contributed by atoms with Gasteiger partial charge in [0, 0.05) is 18.6 Å². The molecule has 7 nitrogen and oxygen atoms in total. The fourth-order valence-electron chi connectivity index (χ4n) is 1.27. The van der Waals surface area contributed by atoms with Crippen molar-refractivity contribution in [1.82, 2.24) is 19.7 Å². The van der Waals surface area contributed by atoms with E-state index in [2.05, 4.69) is 15.2 Å². The number of aromatic nitrogens is 4. The average molecular weight is 274 g/mol. The Bertz CT molecular complexity index is 616. The van der Waals surface area contributed by atoms with E-state index in [4.69, 9.17) is 4.74 Å². The smallest absolute Gasteiger partial charge is 0.293 e. The first kappa shape index (κ1) is 12.0. The van der Waals surface area contributed by atoms with Crippen LogP contribution < -0.4 is 4.74 Å². The van der Waals surface area contributed by atoms with Crippen molar-refractivity contribution in [3.8, 4) is 5.19 Å². The zero-order chi connectivity index (χ0) is 12.5. The Kier molecular flexibility index (Phi) is 3.11. The Morgan fingerprint density at radius 2 is 2.24 bits per heavy atom. The van der Waals surface area contributed by atoms with Gasteiger partial charge in [0.05, 0.1) is 13.7 Å². The van der Waals surface area contributed by atoms with Crippen molar-refractivity contribution in [3.05, 3.63) is 17.4 Å². The largest absolute Gasteiger partial charge is 0.472 e. The van der Waals surface area contributed by atoms with Gasteiger partial charge in [0.2, 0.25) is 15.0 Å². The summed E-state index contributed by atoms with van der Waals surface area (Å²) in [6.07, 6.45) is 4.14. The Morgan fingerprint density at radius 1 is 1.47 bits per heavy atom. The van der Waals surface area contributed by atoms with Crippen molar-refractivity contribution < 1.29 is 13.2 Å². The lowest BCUT2D eigenvalue weighted by molar-refractivity contribution is 0.407. The Labute approximate surface area is 102 Å². The van der Waals surface area contributed by atoms with Gasteiger partial charge in [-0.25, -0.2) is 13.4 Å². The number of sulfone groups is 1. The van der Waals surface area contributed by atoms with Gasteiger partial charge in [-0.1, -0.05) is 11.3 Å². The van der Waals surface area contributed by atoms with Crippen LogP contribution in [0.25, 0.3) is 0 Å². The minimum absolute atomic E-state index is 0.0201. The summed E-state index contributed by atoms with van der Waals surface area (Å²) in [5.41, 5.74) is 0. The van der Waals surface area contributed by atoms with E-state index in [9.17, 15) is 8.42 Å². The second-order valence-corrected chi connectivity index (χ2v) is 6.21. The van der Waals surface area contributed by atoms with Gasteiger partial charge in [-0.2, -0.15) is 0 Å². The average Bonchev–Trinajstić information content (AvgIpc) is 2.85. The van der Waals surface area contributed by atoms with Gasteiger partial charge in [0.1, 0.15) is 5.01 Å². The zero-order valence-electron chi connectivity index (χ0n) is 9.19. The van der Waals surface area contributed by atoms with E-state index in [1.807, 2.05) is 0 Å². The lowest BCUT2D eigenvalue weighted by atomic mass is 10.6. The predicted octanol–water partition coefficient (Wildman–Crippen LogP) is 0.195. The number of imidazole rings is 1. The van der Waals surface area contributed by atoms with Crippen LogP contribution in [-0.4, -0.2) is 41.5 Å². The highest BCUT2D eigenvalue weighted by atomic mass is 32.2. The number of hydrogen-bond donors (Lipinski definition) is 0. The maximum atomic E-state index is 11.4. The number of hydrogen-bond acceptors (Lipinski definition) is 7. The molecule has 0 saturated heterocycles. The van der Waals surface area contributed by atoms with Gasteiger partial charge in [0.15, 0.2) is 0 Å². The lowest BCUT2D eigenvalue weighted by Gasteiger charge is -2.02. The van der Waals surface area contributed by atoms with Gasteiger partial charge in [-0.15, -0.1) is 10.2 Å². The third-order valence-corrected chi connectivity index (χ3v) is 3.81. The second-order valence-electron chi connectivity index (χ2n) is 3.28. The van der Waals surface area contributed by atoms with Crippen molar-refractivity contribution in [2.24, 2.45) is 0 Å². The van der Waals surface area contributed by atoms with Crippen LogP contribution >= 0.6 is 11.3 Å². The third-order valence-electron chi connectivity index (χ3n) is 1.94. The maximum absolute atomic E-state index is 11.4. The summed E-state index contributed by atoms with van der Waals surface area (Å²) in [5.74, 6) is 0. The molecule has 0 amide bonds. The van der Waals surface area contributed by atoms with E-state index in [0.29, 0.717) is 16.7 Å². The molecule has 0 bridgehead atoms. The van der Waals surface area contributed by atoms with Crippen LogP contribution in [-0.2, 0) is 16.4 Å². The number of ether oxygens (including phenoxy) is 1. The molecule has 92 valence electrons. The summed E-state index contributed by atoms with van der Waals surface area (Å²) in [6.45, 7) is 0.309. The molecule has 2 rings (SSSR count). The van der Waals surface area contributed by atoms with Gasteiger partial charge < -0.3 is 9.30 Å². The van der Waals surface area contributed by atoms with Crippen LogP contribution in [0, 0.1) is 0 Å². The van der Waals surface area contributed by atoms with Crippen molar-refractivity contribution >= 4 is 21.2 Å². The molecule has 0 aliphatic heterocycles. The summed E-state index contributed by atoms with van der Waals surface area (Å²) >= 11 is 1.26. The SMILES string of the molecule is COc1nnc(Cn2ccnc2S(C)(=O)=O)s1. The van der Waals surface area contributed by atoms with Crippen LogP contribution in [0.2, 0.25) is 0 Å². The highest BCUT2D eigenvalue weighted by Crippen LogP contribution is 2.19. The molecule has 0 spiro atoms. The molecular weight excluding hydrogens is 264 g/mol. The van der Waals surface area contributed by atoms with E-state index in [1.165, 1.54) is 29.2 Å². The first-order valence-corrected chi connectivity index (χ1v) is 7.29. The molecule has 0 aromatic carbocycles. The molecule has 9 heteroatoms. The molecule has 17 heavy (non-hydrogen) atoms. The Hall–Kier alpha value is -1.48. The van der Waals surface area contributed by atoms with E-state index >= 15 is 0 Å². The van der Waals surface area contributed by atoms with Crippen molar-refractivity contribution in [2.75, 3.05) is 13.4 Å². The highest BCUT2D eigenvalue weighted by Gasteiger charge is 2.16. The van der Waals surface area contributed by atoms with Crippen molar-refractivity contribution in [3.63, 3.8) is 0 Å². The van der Waals surface area contributed by atoms with Gasteiger partial charge in [-0.05, 0) is 0 Å². The summed E-state index contributed by atoms with van der Waals surface area (Å²) in [4.78, 5) is 3.81. The molecule has 0 saturated carbocycles. The first-order chi connectivity index (χ1) is 8.00. The predicted molar refractivity (Wildman–Crippen MR) is 60.9 cm³/mol. The monoisotopic (exact) mass is 274 g/mol. The fourth-order valence-corrected chi connectivity index (χ4v) is 2.73. The summed E-state index contributed by atoms with van der Waals surface area (Å²) in [5, 5.41) is 8.78. The molecule has 0 N–H and O–H groups in total. The normalized spacial score (nSPS) is 11.6. The van der Waals surface area contributed by atoms with E-state index in [0.717, 1.165) is 6.26 Å². The molecule has 0 fully saturated rings. The standard InChI is InChI=1S/C8H10N4O3S2/c1-15-8-11-10-6(16-8)5-12-4-3-9-7(12)17(2,13)14/h3-4H,5H2,1-2H3. The van der Waals surface area contributed by atoms with Crippen LogP contribution in [0.1, 0.15) is 5.01 Å². The fraction of sp³-hybridized carbons (Fsp3) is 0.375. The van der Waals surface area contributed by atoms with Crippen LogP contribution in [0.15, 0.2) is 17.6 Å². The van der Waals surface area contributed by atoms with Crippen molar-refractivity contribution in [1.29, 1.82) is 0 Å². The van der Waals surface area contributed by atoms with Gasteiger partial charge >= 0.3 is 0 Å². The van der Waals surface area contributed by atoms with Crippen LogP contribution in [0.5, 0.6) is 5.19 Å². The van der Waals surface area contributed by atoms with E-state index in [-0.39, 0.29) is 5.16 Å². The molecule has 2 aromatic heterocycles. The molecule has 0 radical (unpaired) electrons. The summed E-state index contributed by atoms with van der Waals surface area (Å²) < 4.78 is 29.3. The minimum atomic E-state index is -3.33. The summed E-state index contributed by atoms with van der Waals surface area (Å²) in [7, 11) is -1.83. The number of rotatable bonds is 4. The third kappa shape index (κ3) is 2.61. The molecule has 2 aromatic rings. The van der Waals surface area contributed by atoms with Gasteiger partial charge in [-0.3, -0.25) is 0 Å². The minimum Gasteiger partial charge on any atom is -0.472 e. The van der Waals surface area contributed by atoms with Crippen molar-refractivity contribution in [2.45, 2.75) is 11.7 Å². The van der Waals surface area contributed by atoms with Crippen LogP contribution in [0.3, 0.4) is 0 Å².